The minimum Gasteiger partial charge on any atom is -0.456 e. The number of thioether (sulfide) groups is 1. The van der Waals surface area contributed by atoms with Crippen molar-refractivity contribution in [2.24, 2.45) is 0 Å². The van der Waals surface area contributed by atoms with Gasteiger partial charge in [-0.2, -0.15) is 9.97 Å². The van der Waals surface area contributed by atoms with Gasteiger partial charge in [-0.15, -0.1) is 11.8 Å². The summed E-state index contributed by atoms with van der Waals surface area (Å²) < 4.78 is 14.3. The van der Waals surface area contributed by atoms with E-state index in [1.54, 1.807) is 17.8 Å². The molecule has 1 saturated heterocycles. The average Bonchev–Trinajstić information content (AvgIpc) is 3.28. The van der Waals surface area contributed by atoms with Crippen molar-refractivity contribution in [1.29, 1.82) is 0 Å². The summed E-state index contributed by atoms with van der Waals surface area (Å²) in [4.78, 5) is 24.5. The smallest absolute Gasteiger partial charge is 0.355 e. The number of aliphatic hydroxyl groups excluding tert-OH is 1. The highest BCUT2D eigenvalue weighted by Gasteiger charge is 2.51. The number of nitrogen functional groups attached to an aromatic ring is 1. The van der Waals surface area contributed by atoms with Crippen LogP contribution in [0.5, 0.6) is 6.01 Å². The molecular formula is C29H33N5O4SSi. The summed E-state index contributed by atoms with van der Waals surface area (Å²) >= 11 is 1.61. The largest absolute Gasteiger partial charge is 0.456 e. The first kappa shape index (κ1) is 28.0. The molecule has 3 heterocycles. The molecule has 0 radical (unpaired) electrons. The molecule has 2 aromatic carbocycles. The maximum absolute atomic E-state index is 12.2. The maximum atomic E-state index is 12.2. The summed E-state index contributed by atoms with van der Waals surface area (Å²) in [6, 6.07) is 24.0. The Hall–Kier alpha value is -3.51. The Morgan fingerprint density at radius 1 is 1.02 bits per heavy atom. The van der Waals surface area contributed by atoms with E-state index in [0.29, 0.717) is 18.2 Å². The van der Waals surface area contributed by atoms with Crippen LogP contribution in [-0.2, 0) is 4.43 Å². The Kier molecular flexibility index (Phi) is 8.08. The van der Waals surface area contributed by atoms with Gasteiger partial charge in [-0.05, 0) is 21.5 Å². The Labute approximate surface area is 238 Å². The van der Waals surface area contributed by atoms with E-state index in [-0.39, 0.29) is 22.1 Å². The van der Waals surface area contributed by atoms with Crippen molar-refractivity contribution in [3.8, 4) is 11.8 Å². The van der Waals surface area contributed by atoms with E-state index in [2.05, 4.69) is 84.3 Å². The summed E-state index contributed by atoms with van der Waals surface area (Å²) in [6.07, 6.45) is 1.67. The van der Waals surface area contributed by atoms with E-state index in [4.69, 9.17) is 14.9 Å². The third-order valence-corrected chi connectivity index (χ3v) is 13.4. The highest BCUT2D eigenvalue weighted by Crippen LogP contribution is 2.38. The highest BCUT2D eigenvalue weighted by molar-refractivity contribution is 8.00. The molecule has 2 aromatic heterocycles. The first-order chi connectivity index (χ1) is 19.2. The first-order valence-corrected chi connectivity index (χ1v) is 16.0. The van der Waals surface area contributed by atoms with E-state index in [9.17, 15) is 9.90 Å². The Balaban J connectivity index is 1.35. The van der Waals surface area contributed by atoms with Crippen molar-refractivity contribution in [3.63, 3.8) is 0 Å². The van der Waals surface area contributed by atoms with Gasteiger partial charge in [-0.25, -0.2) is 9.78 Å². The van der Waals surface area contributed by atoms with Crippen LogP contribution in [0.3, 0.4) is 0 Å². The normalized spacial score (nSPS) is 19.4. The number of aromatic nitrogens is 4. The number of ether oxygens (including phenoxy) is 1. The van der Waals surface area contributed by atoms with Crippen LogP contribution in [0, 0.1) is 0 Å². The van der Waals surface area contributed by atoms with Gasteiger partial charge in [0.05, 0.1) is 5.25 Å². The number of nitrogens with zero attached hydrogens (tertiary/aromatic N) is 4. The standard InChI is InChI=1S/C29H33N5O4SSi/c1-29(2,3)40(20-10-6-4-7-11-20,21-12-8-5-9-13-21)37-18-23-26(35)22(19-39-23)38-27-31-16-14-25(33-27)34-17-15-24(30)32-28(34)36/h4-17,22-23,26,35H,18-19H2,1-3H3,(H2,30,32,36)/t22-,23-,26+/m1/s1. The maximum Gasteiger partial charge on any atom is 0.355 e. The number of hydrogen-bond donors (Lipinski definition) is 2. The van der Waals surface area contributed by atoms with Gasteiger partial charge < -0.3 is 20.0 Å². The fraction of sp³-hybridized carbons (Fsp3) is 0.310. The van der Waals surface area contributed by atoms with E-state index in [0.717, 1.165) is 0 Å². The van der Waals surface area contributed by atoms with Gasteiger partial charge in [0.2, 0.25) is 0 Å². The zero-order chi connectivity index (χ0) is 28.3. The molecule has 1 aliphatic rings. The lowest BCUT2D eigenvalue weighted by Crippen LogP contribution is -2.67. The number of aliphatic hydroxyl groups is 1. The SMILES string of the molecule is CC(C)(C)[Si](OC[C@H]1SC[C@@H](Oc2nccc(-n3ccc(N)nc3=O)n2)[C@@H]1O)(c1ccccc1)c1ccccc1. The predicted octanol–water partition coefficient (Wildman–Crippen LogP) is 2.41. The van der Waals surface area contributed by atoms with Gasteiger partial charge in [-0.3, -0.25) is 4.57 Å². The molecule has 0 aliphatic carbocycles. The van der Waals surface area contributed by atoms with Crippen LogP contribution in [0.1, 0.15) is 20.8 Å². The summed E-state index contributed by atoms with van der Waals surface area (Å²) in [6.45, 7) is 7.06. The molecule has 1 aliphatic heterocycles. The fourth-order valence-electron chi connectivity index (χ4n) is 5.12. The van der Waals surface area contributed by atoms with E-state index < -0.39 is 26.2 Å². The molecule has 0 bridgehead atoms. The number of benzene rings is 2. The topological polar surface area (TPSA) is 125 Å². The molecule has 0 unspecified atom stereocenters. The number of hydrogen-bond acceptors (Lipinski definition) is 9. The number of rotatable bonds is 8. The van der Waals surface area contributed by atoms with E-state index >= 15 is 0 Å². The zero-order valence-corrected chi connectivity index (χ0v) is 24.5. The average molecular weight is 576 g/mol. The van der Waals surface area contributed by atoms with Crippen LogP contribution >= 0.6 is 11.8 Å². The molecule has 3 atom stereocenters. The molecule has 0 spiro atoms. The molecule has 3 N–H and O–H groups in total. The Morgan fingerprint density at radius 2 is 1.68 bits per heavy atom. The molecule has 5 rings (SSSR count). The lowest BCUT2D eigenvalue weighted by atomic mass is 10.2. The van der Waals surface area contributed by atoms with Crippen molar-refractivity contribution >= 4 is 36.3 Å². The molecule has 40 heavy (non-hydrogen) atoms. The van der Waals surface area contributed by atoms with Gasteiger partial charge in [0.1, 0.15) is 23.8 Å². The zero-order valence-electron chi connectivity index (χ0n) is 22.7. The molecular weight excluding hydrogens is 543 g/mol. The van der Waals surface area contributed by atoms with Gasteiger partial charge in [0, 0.05) is 30.8 Å². The molecule has 208 valence electrons. The van der Waals surface area contributed by atoms with Gasteiger partial charge in [-0.1, -0.05) is 81.4 Å². The summed E-state index contributed by atoms with van der Waals surface area (Å²) in [5.41, 5.74) is 5.04. The monoisotopic (exact) mass is 575 g/mol. The van der Waals surface area contributed by atoms with Crippen LogP contribution in [0.15, 0.2) is 90.0 Å². The van der Waals surface area contributed by atoms with Crippen molar-refractivity contribution in [2.45, 2.75) is 43.3 Å². The molecule has 1 fully saturated rings. The summed E-state index contributed by atoms with van der Waals surface area (Å²) in [7, 11) is -2.73. The minimum absolute atomic E-state index is 0.0689. The molecule has 11 heteroatoms. The van der Waals surface area contributed by atoms with Crippen LogP contribution in [0.4, 0.5) is 5.82 Å². The van der Waals surface area contributed by atoms with Crippen LogP contribution in [-0.4, -0.2) is 62.8 Å². The van der Waals surface area contributed by atoms with E-state index in [1.807, 2.05) is 12.1 Å². The summed E-state index contributed by atoms with van der Waals surface area (Å²) in [5, 5.41) is 13.3. The Bertz CT molecular complexity index is 1460. The van der Waals surface area contributed by atoms with Gasteiger partial charge >= 0.3 is 11.7 Å². The van der Waals surface area contributed by atoms with E-state index in [1.165, 1.54) is 33.4 Å². The first-order valence-electron chi connectivity index (χ1n) is 13.1. The minimum atomic E-state index is -2.73. The molecule has 0 amide bonds. The second-order valence-electron chi connectivity index (χ2n) is 10.7. The molecule has 0 saturated carbocycles. The second kappa shape index (κ2) is 11.5. The Morgan fingerprint density at radius 3 is 2.27 bits per heavy atom. The highest BCUT2D eigenvalue weighted by atomic mass is 32.2. The lowest BCUT2D eigenvalue weighted by Gasteiger charge is -2.43. The van der Waals surface area contributed by atoms with Crippen molar-refractivity contribution in [2.75, 3.05) is 18.1 Å². The van der Waals surface area contributed by atoms with Crippen molar-refractivity contribution in [1.82, 2.24) is 19.5 Å². The number of nitrogens with two attached hydrogens (primary N) is 1. The molecule has 4 aromatic rings. The van der Waals surface area contributed by atoms with Gasteiger partial charge in [0.25, 0.3) is 8.32 Å². The quantitative estimate of drug-likeness (QED) is 0.305. The van der Waals surface area contributed by atoms with Crippen LogP contribution in [0.2, 0.25) is 5.04 Å². The van der Waals surface area contributed by atoms with Crippen molar-refractivity contribution < 1.29 is 14.3 Å². The predicted molar refractivity (Wildman–Crippen MR) is 160 cm³/mol. The third kappa shape index (κ3) is 5.55. The second-order valence-corrected chi connectivity index (χ2v) is 16.3. The van der Waals surface area contributed by atoms with Crippen molar-refractivity contribution in [3.05, 3.63) is 95.7 Å². The molecule has 9 nitrogen and oxygen atoms in total. The van der Waals surface area contributed by atoms with Crippen LogP contribution < -0.4 is 26.5 Å². The fourth-order valence-corrected chi connectivity index (χ4v) is 11.1. The lowest BCUT2D eigenvalue weighted by molar-refractivity contribution is 0.0430. The summed E-state index contributed by atoms with van der Waals surface area (Å²) in [5.74, 6) is 0.978. The number of anilines is 1. The third-order valence-electron chi connectivity index (χ3n) is 7.06. The van der Waals surface area contributed by atoms with Gasteiger partial charge in [0.15, 0.2) is 0 Å². The van der Waals surface area contributed by atoms with Crippen LogP contribution in [0.25, 0.3) is 5.82 Å².